The summed E-state index contributed by atoms with van der Waals surface area (Å²) in [6.45, 7) is 8.79. The normalized spacial score (nSPS) is 14.2. The maximum absolute atomic E-state index is 5.04. The van der Waals surface area contributed by atoms with Gasteiger partial charge >= 0.3 is 0 Å². The molecule has 1 atom stereocenters. The Labute approximate surface area is 81.7 Å². The van der Waals surface area contributed by atoms with E-state index in [0.717, 1.165) is 25.9 Å². The van der Waals surface area contributed by atoms with E-state index in [4.69, 9.17) is 4.74 Å². The average molecular weight is 183 g/mol. The fraction of sp³-hybridized carbons (Fsp3) is 0.727. The molecule has 0 spiro atoms. The van der Waals surface area contributed by atoms with E-state index in [0.29, 0.717) is 5.92 Å². The van der Waals surface area contributed by atoms with E-state index in [-0.39, 0.29) is 0 Å². The predicted octanol–water partition coefficient (Wildman–Crippen LogP) is 3.04. The van der Waals surface area contributed by atoms with Crippen LogP contribution in [0.2, 0.25) is 0 Å². The summed E-state index contributed by atoms with van der Waals surface area (Å²) in [7, 11) is 1.73. The van der Waals surface area contributed by atoms with Crippen LogP contribution in [0, 0.1) is 5.92 Å². The van der Waals surface area contributed by atoms with Crippen LogP contribution in [0.4, 0.5) is 0 Å². The second kappa shape index (κ2) is 7.99. The largest absolute Gasteiger partial charge is 0.385 e. The first-order valence-corrected chi connectivity index (χ1v) is 4.92. The Hall–Kier alpha value is -0.630. The molecule has 0 N–H and O–H groups in total. The monoisotopic (exact) mass is 183 g/mol. The van der Waals surface area contributed by atoms with Gasteiger partial charge in [-0.25, -0.2) is 0 Å². The number of methoxy groups -OCH3 is 1. The van der Waals surface area contributed by atoms with Gasteiger partial charge in [-0.15, -0.1) is 0 Å². The Bertz CT molecular complexity index is 163. The zero-order chi connectivity index (χ0) is 10.1. The first-order valence-electron chi connectivity index (χ1n) is 4.92. The molecule has 0 rings (SSSR count). The standard InChI is InChI=1S/C11H21NO/c1-5-7-11(12-6-2)10(3)8-9-13-4/h6,10H,2,5,7-9H2,1,3-4H3. The van der Waals surface area contributed by atoms with E-state index >= 15 is 0 Å². The van der Waals surface area contributed by atoms with Crippen LogP contribution in [0.3, 0.4) is 0 Å². The van der Waals surface area contributed by atoms with Crippen LogP contribution >= 0.6 is 0 Å². The zero-order valence-corrected chi connectivity index (χ0v) is 9.05. The van der Waals surface area contributed by atoms with E-state index in [2.05, 4.69) is 25.4 Å². The van der Waals surface area contributed by atoms with Crippen LogP contribution < -0.4 is 0 Å². The topological polar surface area (TPSA) is 21.6 Å². The summed E-state index contributed by atoms with van der Waals surface area (Å²) in [5, 5.41) is 0. The van der Waals surface area contributed by atoms with Crippen molar-refractivity contribution in [3.05, 3.63) is 12.8 Å². The van der Waals surface area contributed by atoms with Gasteiger partial charge in [0.25, 0.3) is 0 Å². The Morgan fingerprint density at radius 2 is 2.31 bits per heavy atom. The number of aliphatic imine (C=N–C) groups is 1. The van der Waals surface area contributed by atoms with Crippen LogP contribution in [0.1, 0.15) is 33.1 Å². The lowest BCUT2D eigenvalue weighted by molar-refractivity contribution is 0.188. The average Bonchev–Trinajstić information content (AvgIpc) is 2.14. The maximum Gasteiger partial charge on any atom is 0.0468 e. The molecule has 0 bridgehead atoms. The van der Waals surface area contributed by atoms with Crippen molar-refractivity contribution in [2.24, 2.45) is 10.9 Å². The van der Waals surface area contributed by atoms with Crippen molar-refractivity contribution in [3.63, 3.8) is 0 Å². The van der Waals surface area contributed by atoms with Gasteiger partial charge in [-0.3, -0.25) is 4.99 Å². The molecule has 2 nitrogen and oxygen atoms in total. The Balaban J connectivity index is 4.02. The van der Waals surface area contributed by atoms with Crippen molar-refractivity contribution in [1.82, 2.24) is 0 Å². The van der Waals surface area contributed by atoms with E-state index in [1.54, 1.807) is 13.3 Å². The van der Waals surface area contributed by atoms with E-state index < -0.39 is 0 Å². The molecule has 0 amide bonds. The van der Waals surface area contributed by atoms with E-state index in [1.165, 1.54) is 5.71 Å². The Morgan fingerprint density at radius 1 is 1.62 bits per heavy atom. The van der Waals surface area contributed by atoms with Crippen molar-refractivity contribution in [3.8, 4) is 0 Å². The van der Waals surface area contributed by atoms with Crippen molar-refractivity contribution in [2.45, 2.75) is 33.1 Å². The number of nitrogens with zero attached hydrogens (tertiary/aromatic N) is 1. The van der Waals surface area contributed by atoms with Crippen molar-refractivity contribution in [1.29, 1.82) is 0 Å². The van der Waals surface area contributed by atoms with Crippen LogP contribution in [0.5, 0.6) is 0 Å². The summed E-state index contributed by atoms with van der Waals surface area (Å²) in [4.78, 5) is 4.29. The lowest BCUT2D eigenvalue weighted by Crippen LogP contribution is -2.12. The smallest absolute Gasteiger partial charge is 0.0468 e. The molecule has 2 heteroatoms. The fourth-order valence-electron chi connectivity index (χ4n) is 1.27. The molecule has 0 aliphatic carbocycles. The number of hydrogen-bond acceptors (Lipinski definition) is 2. The Morgan fingerprint density at radius 3 is 2.77 bits per heavy atom. The highest BCUT2D eigenvalue weighted by Gasteiger charge is 2.08. The minimum absolute atomic E-state index is 0.512. The van der Waals surface area contributed by atoms with Gasteiger partial charge in [0.1, 0.15) is 0 Å². The van der Waals surface area contributed by atoms with Gasteiger partial charge in [-0.1, -0.05) is 26.8 Å². The lowest BCUT2D eigenvalue weighted by Gasteiger charge is -2.12. The molecule has 13 heavy (non-hydrogen) atoms. The Kier molecular flexibility index (Phi) is 7.60. The minimum Gasteiger partial charge on any atom is -0.385 e. The third-order valence-corrected chi connectivity index (χ3v) is 2.09. The highest BCUT2D eigenvalue weighted by Crippen LogP contribution is 2.10. The number of hydrogen-bond donors (Lipinski definition) is 0. The van der Waals surface area contributed by atoms with Gasteiger partial charge in [0.15, 0.2) is 0 Å². The molecule has 0 aromatic rings. The van der Waals surface area contributed by atoms with Crippen LogP contribution in [-0.2, 0) is 4.74 Å². The first kappa shape index (κ1) is 12.4. The second-order valence-corrected chi connectivity index (χ2v) is 3.24. The first-order chi connectivity index (χ1) is 6.26. The maximum atomic E-state index is 5.04. The summed E-state index contributed by atoms with van der Waals surface area (Å²) >= 11 is 0. The van der Waals surface area contributed by atoms with Gasteiger partial charge in [0.05, 0.1) is 0 Å². The summed E-state index contributed by atoms with van der Waals surface area (Å²) in [6, 6.07) is 0. The zero-order valence-electron chi connectivity index (χ0n) is 9.05. The molecule has 0 radical (unpaired) electrons. The number of ether oxygens (including phenoxy) is 1. The molecule has 0 heterocycles. The molecule has 1 unspecified atom stereocenters. The fourth-order valence-corrected chi connectivity index (χ4v) is 1.27. The van der Waals surface area contributed by atoms with Crippen LogP contribution in [0.15, 0.2) is 17.8 Å². The van der Waals surface area contributed by atoms with Crippen LogP contribution in [-0.4, -0.2) is 19.4 Å². The highest BCUT2D eigenvalue weighted by atomic mass is 16.5. The second-order valence-electron chi connectivity index (χ2n) is 3.24. The summed E-state index contributed by atoms with van der Waals surface area (Å²) in [5.41, 5.74) is 1.24. The molecule has 0 saturated carbocycles. The predicted molar refractivity (Wildman–Crippen MR) is 58.2 cm³/mol. The molecule has 76 valence electrons. The van der Waals surface area contributed by atoms with E-state index in [1.807, 2.05) is 0 Å². The molecule has 0 fully saturated rings. The van der Waals surface area contributed by atoms with Crippen molar-refractivity contribution < 1.29 is 4.74 Å². The third kappa shape index (κ3) is 5.58. The molecule has 0 aliphatic heterocycles. The summed E-state index contributed by atoms with van der Waals surface area (Å²) < 4.78 is 5.04. The number of rotatable bonds is 7. The SMILES string of the molecule is C=CN=C(CCC)C(C)CCOC. The minimum atomic E-state index is 0.512. The van der Waals surface area contributed by atoms with Gasteiger partial charge in [0.2, 0.25) is 0 Å². The lowest BCUT2D eigenvalue weighted by atomic mass is 9.98. The van der Waals surface area contributed by atoms with Gasteiger partial charge in [0, 0.05) is 25.6 Å². The summed E-state index contributed by atoms with van der Waals surface area (Å²) in [5.74, 6) is 0.512. The van der Waals surface area contributed by atoms with Gasteiger partial charge in [-0.05, 0) is 18.8 Å². The molecular weight excluding hydrogens is 162 g/mol. The van der Waals surface area contributed by atoms with Crippen molar-refractivity contribution in [2.75, 3.05) is 13.7 Å². The van der Waals surface area contributed by atoms with Crippen LogP contribution in [0.25, 0.3) is 0 Å². The third-order valence-electron chi connectivity index (χ3n) is 2.09. The van der Waals surface area contributed by atoms with E-state index in [9.17, 15) is 0 Å². The molecule has 0 saturated heterocycles. The summed E-state index contributed by atoms with van der Waals surface area (Å²) in [6.07, 6.45) is 4.89. The van der Waals surface area contributed by atoms with Gasteiger partial charge in [-0.2, -0.15) is 0 Å². The molecule has 0 aliphatic rings. The van der Waals surface area contributed by atoms with Crippen molar-refractivity contribution >= 4 is 5.71 Å². The molecule has 0 aromatic carbocycles. The van der Waals surface area contributed by atoms with Gasteiger partial charge < -0.3 is 4.74 Å². The molecule has 0 aromatic heterocycles. The highest BCUT2D eigenvalue weighted by molar-refractivity contribution is 5.86. The quantitative estimate of drug-likeness (QED) is 0.556. The molecular formula is C11H21NO.